The van der Waals surface area contributed by atoms with Crippen LogP contribution in [-0.4, -0.2) is 47.8 Å². The van der Waals surface area contributed by atoms with E-state index in [0.717, 1.165) is 24.0 Å². The van der Waals surface area contributed by atoms with E-state index < -0.39 is 20.0 Å². The van der Waals surface area contributed by atoms with Crippen molar-refractivity contribution in [2.75, 3.05) is 29.6 Å². The van der Waals surface area contributed by atoms with Crippen LogP contribution in [0.25, 0.3) is 0 Å². The van der Waals surface area contributed by atoms with Crippen molar-refractivity contribution in [3.63, 3.8) is 0 Å². The number of carbonyl (C=O) groups is 1. The molecule has 0 unspecified atom stereocenters. The molecule has 0 atom stereocenters. The van der Waals surface area contributed by atoms with Crippen LogP contribution >= 0.6 is 0 Å². The molecule has 0 aromatic heterocycles. The van der Waals surface area contributed by atoms with Crippen LogP contribution in [0.3, 0.4) is 0 Å². The van der Waals surface area contributed by atoms with Crippen molar-refractivity contribution in [2.24, 2.45) is 0 Å². The predicted octanol–water partition coefficient (Wildman–Crippen LogP) is 4.15. The Morgan fingerprint density at radius 2 is 1.32 bits per heavy atom. The van der Waals surface area contributed by atoms with Crippen molar-refractivity contribution in [2.45, 2.75) is 36.5 Å². The van der Waals surface area contributed by atoms with Gasteiger partial charge in [-0.15, -0.1) is 0 Å². The monoisotopic (exact) mass is 543 g/mol. The molecule has 3 aromatic rings. The van der Waals surface area contributed by atoms with E-state index in [4.69, 9.17) is 4.74 Å². The van der Waals surface area contributed by atoms with Crippen LogP contribution in [0.5, 0.6) is 5.75 Å². The SMILES string of the molecule is COc1ccc(S(=O)(=O)Nc2ccc(S(=O)(=O)Nc3ccc(C)c(C)c3)cc2)cc1C(=O)N1CCCC1. The van der Waals surface area contributed by atoms with Gasteiger partial charge in [0.25, 0.3) is 26.0 Å². The van der Waals surface area contributed by atoms with E-state index >= 15 is 0 Å². The maximum Gasteiger partial charge on any atom is 0.261 e. The van der Waals surface area contributed by atoms with Crippen molar-refractivity contribution in [1.82, 2.24) is 4.90 Å². The van der Waals surface area contributed by atoms with Crippen LogP contribution in [0.2, 0.25) is 0 Å². The zero-order chi connectivity index (χ0) is 26.8. The number of aryl methyl sites for hydroxylation is 2. The summed E-state index contributed by atoms with van der Waals surface area (Å²) >= 11 is 0. The highest BCUT2D eigenvalue weighted by Gasteiger charge is 2.25. The van der Waals surface area contributed by atoms with Crippen molar-refractivity contribution in [1.29, 1.82) is 0 Å². The number of rotatable bonds is 8. The van der Waals surface area contributed by atoms with Crippen molar-refractivity contribution < 1.29 is 26.4 Å². The molecule has 196 valence electrons. The molecule has 1 heterocycles. The lowest BCUT2D eigenvalue weighted by molar-refractivity contribution is 0.0789. The Balaban J connectivity index is 1.53. The molecule has 4 rings (SSSR count). The molecule has 0 radical (unpaired) electrons. The number of benzene rings is 3. The number of hydrogen-bond donors (Lipinski definition) is 2. The second-order valence-corrected chi connectivity index (χ2v) is 12.3. The van der Waals surface area contributed by atoms with Gasteiger partial charge in [-0.2, -0.15) is 0 Å². The van der Waals surface area contributed by atoms with Crippen LogP contribution in [0.15, 0.2) is 70.5 Å². The Morgan fingerprint density at radius 1 is 0.757 bits per heavy atom. The number of nitrogens with zero attached hydrogens (tertiary/aromatic N) is 1. The van der Waals surface area contributed by atoms with Gasteiger partial charge in [-0.25, -0.2) is 16.8 Å². The zero-order valence-electron chi connectivity index (χ0n) is 20.8. The Kier molecular flexibility index (Phi) is 7.47. The van der Waals surface area contributed by atoms with E-state index in [0.29, 0.717) is 24.5 Å². The van der Waals surface area contributed by atoms with E-state index in [1.165, 1.54) is 49.6 Å². The molecular formula is C26H29N3O6S2. The van der Waals surface area contributed by atoms with Gasteiger partial charge in [0.1, 0.15) is 5.75 Å². The Hall–Kier alpha value is -3.57. The molecule has 1 aliphatic heterocycles. The summed E-state index contributed by atoms with van der Waals surface area (Å²) in [6, 6.07) is 14.7. The van der Waals surface area contributed by atoms with Crippen LogP contribution < -0.4 is 14.2 Å². The summed E-state index contributed by atoms with van der Waals surface area (Å²) in [4.78, 5) is 14.5. The van der Waals surface area contributed by atoms with Crippen molar-refractivity contribution in [3.05, 3.63) is 77.4 Å². The largest absolute Gasteiger partial charge is 0.496 e. The number of amides is 1. The van der Waals surface area contributed by atoms with Crippen LogP contribution in [0.4, 0.5) is 11.4 Å². The summed E-state index contributed by atoms with van der Waals surface area (Å²) in [6.45, 7) is 5.06. The molecule has 0 bridgehead atoms. The van der Waals surface area contributed by atoms with Gasteiger partial charge in [0.05, 0.1) is 22.5 Å². The Bertz CT molecular complexity index is 1530. The highest BCUT2D eigenvalue weighted by Crippen LogP contribution is 2.27. The third kappa shape index (κ3) is 5.89. The van der Waals surface area contributed by atoms with Crippen LogP contribution in [-0.2, 0) is 20.0 Å². The quantitative estimate of drug-likeness (QED) is 0.440. The minimum absolute atomic E-state index is 0.0170. The normalized spacial score (nSPS) is 13.9. The first-order valence-corrected chi connectivity index (χ1v) is 14.7. The lowest BCUT2D eigenvalue weighted by Crippen LogP contribution is -2.28. The molecule has 9 nitrogen and oxygen atoms in total. The summed E-state index contributed by atoms with van der Waals surface area (Å²) in [5.74, 6) is 0.0129. The molecule has 3 aromatic carbocycles. The highest BCUT2D eigenvalue weighted by molar-refractivity contribution is 7.93. The molecule has 1 fully saturated rings. The first kappa shape index (κ1) is 26.5. The Morgan fingerprint density at radius 3 is 1.95 bits per heavy atom. The van der Waals surface area contributed by atoms with Gasteiger partial charge in [0.2, 0.25) is 0 Å². The van der Waals surface area contributed by atoms with E-state index in [1.807, 2.05) is 19.9 Å². The maximum absolute atomic E-state index is 13.1. The number of carbonyl (C=O) groups excluding carboxylic acids is 1. The second-order valence-electron chi connectivity index (χ2n) is 8.90. The zero-order valence-corrected chi connectivity index (χ0v) is 22.4. The topological polar surface area (TPSA) is 122 Å². The maximum atomic E-state index is 13.1. The molecule has 1 amide bonds. The number of hydrogen-bond acceptors (Lipinski definition) is 6. The standard InChI is InChI=1S/C26H29N3O6S2/c1-18-6-7-21(16-19(18)2)28-36(31,32)22-10-8-20(9-11-22)27-37(33,34)23-12-13-25(35-3)24(17-23)26(30)29-14-4-5-15-29/h6-13,16-17,27-28H,4-5,14-15H2,1-3H3. The average Bonchev–Trinajstić information content (AvgIpc) is 3.40. The number of likely N-dealkylation sites (tertiary alicyclic amines) is 1. The van der Waals surface area contributed by atoms with Gasteiger partial charge in [0, 0.05) is 24.5 Å². The minimum atomic E-state index is -4.06. The highest BCUT2D eigenvalue weighted by atomic mass is 32.2. The molecule has 0 saturated carbocycles. The molecule has 1 saturated heterocycles. The fourth-order valence-electron chi connectivity index (χ4n) is 4.05. The summed E-state index contributed by atoms with van der Waals surface area (Å²) in [7, 11) is -6.51. The third-order valence-electron chi connectivity index (χ3n) is 6.28. The summed E-state index contributed by atoms with van der Waals surface area (Å²) < 4.78 is 62.0. The van der Waals surface area contributed by atoms with Crippen LogP contribution in [0.1, 0.15) is 34.3 Å². The summed E-state index contributed by atoms with van der Waals surface area (Å²) in [5, 5.41) is 0. The summed E-state index contributed by atoms with van der Waals surface area (Å²) in [6.07, 6.45) is 1.80. The third-order valence-corrected chi connectivity index (χ3v) is 9.06. The lowest BCUT2D eigenvalue weighted by Gasteiger charge is -2.18. The van der Waals surface area contributed by atoms with Gasteiger partial charge in [0.15, 0.2) is 0 Å². The molecule has 0 spiro atoms. The fourth-order valence-corrected chi connectivity index (χ4v) is 6.18. The smallest absolute Gasteiger partial charge is 0.261 e. The van der Waals surface area contributed by atoms with E-state index in [9.17, 15) is 21.6 Å². The van der Waals surface area contributed by atoms with Gasteiger partial charge in [-0.1, -0.05) is 6.07 Å². The van der Waals surface area contributed by atoms with E-state index in [-0.39, 0.29) is 26.9 Å². The summed E-state index contributed by atoms with van der Waals surface area (Å²) in [5.41, 5.74) is 2.78. The Labute approximate surface area is 217 Å². The van der Waals surface area contributed by atoms with Gasteiger partial charge >= 0.3 is 0 Å². The molecule has 2 N–H and O–H groups in total. The second kappa shape index (κ2) is 10.4. The number of nitrogens with one attached hydrogen (secondary N) is 2. The van der Waals surface area contributed by atoms with Gasteiger partial charge in [-0.3, -0.25) is 14.2 Å². The average molecular weight is 544 g/mol. The molecule has 0 aliphatic carbocycles. The number of methoxy groups -OCH3 is 1. The van der Waals surface area contributed by atoms with E-state index in [1.54, 1.807) is 17.0 Å². The number of anilines is 2. The lowest BCUT2D eigenvalue weighted by atomic mass is 10.1. The number of ether oxygens (including phenoxy) is 1. The predicted molar refractivity (Wildman–Crippen MR) is 142 cm³/mol. The van der Waals surface area contributed by atoms with Gasteiger partial charge < -0.3 is 9.64 Å². The first-order chi connectivity index (χ1) is 17.5. The van der Waals surface area contributed by atoms with Crippen molar-refractivity contribution >= 4 is 37.3 Å². The fraction of sp³-hybridized carbons (Fsp3) is 0.269. The molecule has 37 heavy (non-hydrogen) atoms. The molecule has 11 heteroatoms. The number of sulfonamides is 2. The van der Waals surface area contributed by atoms with Crippen molar-refractivity contribution in [3.8, 4) is 5.75 Å². The minimum Gasteiger partial charge on any atom is -0.496 e. The van der Waals surface area contributed by atoms with Crippen LogP contribution in [0, 0.1) is 13.8 Å². The molecular weight excluding hydrogens is 514 g/mol. The van der Waals surface area contributed by atoms with E-state index in [2.05, 4.69) is 9.44 Å². The first-order valence-electron chi connectivity index (χ1n) is 11.7. The van der Waals surface area contributed by atoms with Gasteiger partial charge in [-0.05, 0) is 92.4 Å². The molecule has 1 aliphatic rings.